The Morgan fingerprint density at radius 1 is 1.05 bits per heavy atom. The fraction of sp³-hybridized carbons (Fsp3) is 0.375. The van der Waals surface area contributed by atoms with Gasteiger partial charge < -0.3 is 5.32 Å². The summed E-state index contributed by atoms with van der Waals surface area (Å²) in [4.78, 5) is 26.1. The van der Waals surface area contributed by atoms with Crippen LogP contribution in [-0.4, -0.2) is 17.9 Å². The maximum absolute atomic E-state index is 12.6. The van der Waals surface area contributed by atoms with E-state index >= 15 is 0 Å². The Kier molecular flexibility index (Phi) is 4.73. The highest BCUT2D eigenvalue weighted by Gasteiger charge is 2.39. The van der Waals surface area contributed by atoms with Crippen molar-refractivity contribution in [1.82, 2.24) is 5.32 Å². The first-order chi connectivity index (χ1) is 10.6. The quantitative estimate of drug-likeness (QED) is 0.589. The van der Waals surface area contributed by atoms with E-state index in [1.54, 1.807) is 12.1 Å². The summed E-state index contributed by atoms with van der Waals surface area (Å²) in [5, 5.41) is 3.19. The molecule has 3 rings (SSSR count). The molecule has 1 heterocycles. The van der Waals surface area contributed by atoms with Crippen molar-refractivity contribution in [2.75, 3.05) is 4.90 Å². The number of carbonyl (C=O) groups is 2. The van der Waals surface area contributed by atoms with Crippen LogP contribution >= 0.6 is 34.2 Å². The van der Waals surface area contributed by atoms with Gasteiger partial charge in [0, 0.05) is 9.61 Å². The van der Waals surface area contributed by atoms with Gasteiger partial charge in [0.1, 0.15) is 10.7 Å². The van der Waals surface area contributed by atoms with E-state index in [-0.39, 0.29) is 22.7 Å². The lowest BCUT2D eigenvalue weighted by atomic mass is 9.95. The SMILES string of the molecule is O=C1C(Cl)=C(NC2CCCCC2)C(=O)N1c1ccc(I)cc1. The summed E-state index contributed by atoms with van der Waals surface area (Å²) < 4.78 is 1.04. The summed E-state index contributed by atoms with van der Waals surface area (Å²) in [6.45, 7) is 0. The molecule has 4 nitrogen and oxygen atoms in total. The van der Waals surface area contributed by atoms with E-state index < -0.39 is 5.91 Å². The van der Waals surface area contributed by atoms with Crippen molar-refractivity contribution in [2.24, 2.45) is 0 Å². The van der Waals surface area contributed by atoms with Crippen molar-refractivity contribution in [3.8, 4) is 0 Å². The van der Waals surface area contributed by atoms with Crippen molar-refractivity contribution in [2.45, 2.75) is 38.1 Å². The van der Waals surface area contributed by atoms with Crippen LogP contribution in [0.25, 0.3) is 0 Å². The molecule has 1 aromatic carbocycles. The lowest BCUT2D eigenvalue weighted by molar-refractivity contribution is -0.120. The highest BCUT2D eigenvalue weighted by Crippen LogP contribution is 2.30. The third kappa shape index (κ3) is 3.01. The van der Waals surface area contributed by atoms with E-state index in [4.69, 9.17) is 11.6 Å². The molecule has 2 aliphatic rings. The van der Waals surface area contributed by atoms with Crippen LogP contribution in [0.5, 0.6) is 0 Å². The van der Waals surface area contributed by atoms with E-state index in [2.05, 4.69) is 27.9 Å². The van der Waals surface area contributed by atoms with Crippen molar-refractivity contribution < 1.29 is 9.59 Å². The van der Waals surface area contributed by atoms with Crippen molar-refractivity contribution in [3.63, 3.8) is 0 Å². The van der Waals surface area contributed by atoms with Crippen LogP contribution in [-0.2, 0) is 9.59 Å². The molecule has 0 radical (unpaired) electrons. The number of nitrogens with one attached hydrogen (secondary N) is 1. The average molecular weight is 431 g/mol. The standard InChI is InChI=1S/C16H16ClIN2O2/c17-13-14(19-11-4-2-1-3-5-11)16(22)20(15(13)21)12-8-6-10(18)7-9-12/h6-9,11,19H,1-5H2. The zero-order valence-corrected chi connectivity index (χ0v) is 14.9. The first-order valence-electron chi connectivity index (χ1n) is 7.38. The zero-order valence-electron chi connectivity index (χ0n) is 11.9. The van der Waals surface area contributed by atoms with Crippen molar-refractivity contribution in [3.05, 3.63) is 38.6 Å². The number of carbonyl (C=O) groups excluding carboxylic acids is 2. The minimum Gasteiger partial charge on any atom is -0.376 e. The molecular formula is C16H16ClIN2O2. The van der Waals surface area contributed by atoms with Gasteiger partial charge in [-0.2, -0.15) is 0 Å². The van der Waals surface area contributed by atoms with Gasteiger partial charge in [-0.1, -0.05) is 30.9 Å². The lowest BCUT2D eigenvalue weighted by Gasteiger charge is -2.24. The molecule has 22 heavy (non-hydrogen) atoms. The van der Waals surface area contributed by atoms with Gasteiger partial charge in [-0.05, 0) is 59.7 Å². The molecule has 6 heteroatoms. The number of imide groups is 1. The summed E-state index contributed by atoms with van der Waals surface area (Å²) in [6, 6.07) is 7.45. The Morgan fingerprint density at radius 2 is 1.68 bits per heavy atom. The molecule has 2 amide bonds. The van der Waals surface area contributed by atoms with Crippen LogP contribution in [0.1, 0.15) is 32.1 Å². The van der Waals surface area contributed by atoms with Gasteiger partial charge in [-0.25, -0.2) is 4.90 Å². The Bertz CT molecular complexity index is 636. The summed E-state index contributed by atoms with van der Waals surface area (Å²) >= 11 is 8.30. The zero-order chi connectivity index (χ0) is 15.7. The van der Waals surface area contributed by atoms with Crippen LogP contribution in [0, 0.1) is 3.57 Å². The van der Waals surface area contributed by atoms with E-state index in [1.807, 2.05) is 12.1 Å². The highest BCUT2D eigenvalue weighted by atomic mass is 127. The molecule has 1 aliphatic heterocycles. The van der Waals surface area contributed by atoms with E-state index in [1.165, 1.54) is 6.42 Å². The summed E-state index contributed by atoms with van der Waals surface area (Å²) in [6.07, 6.45) is 5.54. The summed E-state index contributed by atoms with van der Waals surface area (Å²) in [5.74, 6) is -0.812. The fourth-order valence-corrected chi connectivity index (χ4v) is 3.48. The third-order valence-electron chi connectivity index (χ3n) is 4.07. The summed E-state index contributed by atoms with van der Waals surface area (Å²) in [7, 11) is 0. The molecule has 0 aromatic heterocycles. The van der Waals surface area contributed by atoms with Crippen molar-refractivity contribution in [1.29, 1.82) is 0 Å². The van der Waals surface area contributed by atoms with E-state index in [9.17, 15) is 9.59 Å². The van der Waals surface area contributed by atoms with Crippen LogP contribution in [0.2, 0.25) is 0 Å². The number of halogens is 2. The minimum absolute atomic E-state index is 0.00544. The maximum Gasteiger partial charge on any atom is 0.283 e. The smallest absolute Gasteiger partial charge is 0.283 e. The Hall–Kier alpha value is -1.08. The fourth-order valence-electron chi connectivity index (χ4n) is 2.90. The van der Waals surface area contributed by atoms with E-state index in [0.717, 1.165) is 34.2 Å². The van der Waals surface area contributed by atoms with Gasteiger partial charge in [0.2, 0.25) is 0 Å². The largest absolute Gasteiger partial charge is 0.376 e. The van der Waals surface area contributed by atoms with Gasteiger partial charge in [0.15, 0.2) is 0 Å². The van der Waals surface area contributed by atoms with Gasteiger partial charge >= 0.3 is 0 Å². The molecule has 0 saturated heterocycles. The second kappa shape index (κ2) is 6.58. The normalized spacial score (nSPS) is 20.0. The molecule has 0 unspecified atom stereocenters. The van der Waals surface area contributed by atoms with Gasteiger partial charge in [-0.15, -0.1) is 0 Å². The van der Waals surface area contributed by atoms with Gasteiger partial charge in [0.25, 0.3) is 11.8 Å². The number of benzene rings is 1. The number of anilines is 1. The topological polar surface area (TPSA) is 49.4 Å². The number of amides is 2. The summed E-state index contributed by atoms with van der Waals surface area (Å²) in [5.41, 5.74) is 0.797. The monoisotopic (exact) mass is 430 g/mol. The third-order valence-corrected chi connectivity index (χ3v) is 5.14. The lowest BCUT2D eigenvalue weighted by Crippen LogP contribution is -2.37. The van der Waals surface area contributed by atoms with E-state index in [0.29, 0.717) is 5.69 Å². The molecule has 1 N–H and O–H groups in total. The van der Waals surface area contributed by atoms with Crippen LogP contribution in [0.4, 0.5) is 5.69 Å². The van der Waals surface area contributed by atoms with Crippen LogP contribution < -0.4 is 10.2 Å². The minimum atomic E-state index is -0.453. The number of hydrogen-bond donors (Lipinski definition) is 1. The molecule has 1 aliphatic carbocycles. The number of nitrogens with zero attached hydrogens (tertiary/aromatic N) is 1. The Balaban J connectivity index is 1.81. The number of hydrogen-bond acceptors (Lipinski definition) is 3. The number of rotatable bonds is 3. The molecular weight excluding hydrogens is 415 g/mol. The predicted molar refractivity (Wildman–Crippen MR) is 94.5 cm³/mol. The first-order valence-corrected chi connectivity index (χ1v) is 8.84. The Labute approximate surface area is 148 Å². The van der Waals surface area contributed by atoms with Gasteiger partial charge in [0.05, 0.1) is 5.69 Å². The average Bonchev–Trinajstić information content (AvgIpc) is 2.73. The van der Waals surface area contributed by atoms with Crippen LogP contribution in [0.3, 0.4) is 0 Å². The Morgan fingerprint density at radius 3 is 2.32 bits per heavy atom. The maximum atomic E-state index is 12.6. The molecule has 1 fully saturated rings. The second-order valence-electron chi connectivity index (χ2n) is 5.59. The molecule has 0 bridgehead atoms. The van der Waals surface area contributed by atoms with Crippen molar-refractivity contribution >= 4 is 51.7 Å². The molecule has 1 saturated carbocycles. The molecule has 0 spiro atoms. The highest BCUT2D eigenvalue weighted by molar-refractivity contribution is 14.1. The van der Waals surface area contributed by atoms with Crippen LogP contribution in [0.15, 0.2) is 35.0 Å². The molecule has 0 atom stereocenters. The molecule has 1 aromatic rings. The van der Waals surface area contributed by atoms with Gasteiger partial charge in [-0.3, -0.25) is 9.59 Å². The molecule has 116 valence electrons. The second-order valence-corrected chi connectivity index (χ2v) is 7.21. The first kappa shape index (κ1) is 15.8. The predicted octanol–water partition coefficient (Wildman–Crippen LogP) is 3.54.